The lowest BCUT2D eigenvalue weighted by Crippen LogP contribution is -2.44. The summed E-state index contributed by atoms with van der Waals surface area (Å²) in [7, 11) is 3.75. The summed E-state index contributed by atoms with van der Waals surface area (Å²) >= 11 is 0. The van der Waals surface area contributed by atoms with Gasteiger partial charge in [0.25, 0.3) is 0 Å². The molecule has 1 N–H and O–H groups in total. The van der Waals surface area contributed by atoms with Crippen molar-refractivity contribution in [1.82, 2.24) is 5.32 Å². The monoisotopic (exact) mass is 264 g/mol. The van der Waals surface area contributed by atoms with E-state index in [2.05, 4.69) is 41.4 Å². The number of nitrogens with zero attached hydrogens (tertiary/aromatic N) is 1. The highest BCUT2D eigenvalue weighted by atomic mass is 16.5. The maximum absolute atomic E-state index is 11.7. The number of carbonyl (C=O) groups excluding carboxylic acids is 1. The summed E-state index contributed by atoms with van der Waals surface area (Å²) in [5.74, 6) is -0.206. The molecule has 0 amide bonds. The van der Waals surface area contributed by atoms with Crippen LogP contribution in [0.5, 0.6) is 0 Å². The molecule has 4 heteroatoms. The van der Waals surface area contributed by atoms with Crippen molar-refractivity contribution >= 4 is 11.7 Å². The van der Waals surface area contributed by atoms with Gasteiger partial charge in [0, 0.05) is 19.3 Å². The molecule has 1 rings (SSSR count). The van der Waals surface area contributed by atoms with Gasteiger partial charge < -0.3 is 15.0 Å². The summed E-state index contributed by atoms with van der Waals surface area (Å²) in [6.45, 7) is 4.95. The second-order valence-electron chi connectivity index (χ2n) is 4.49. The van der Waals surface area contributed by atoms with Gasteiger partial charge in [0.1, 0.15) is 6.04 Å². The number of anilines is 1. The van der Waals surface area contributed by atoms with E-state index in [0.29, 0.717) is 13.2 Å². The highest BCUT2D eigenvalue weighted by molar-refractivity contribution is 5.76. The highest BCUT2D eigenvalue weighted by Gasteiger charge is 2.19. The van der Waals surface area contributed by atoms with Crippen molar-refractivity contribution in [3.63, 3.8) is 0 Å². The normalized spacial score (nSPS) is 12.0. The van der Waals surface area contributed by atoms with E-state index in [4.69, 9.17) is 4.74 Å². The van der Waals surface area contributed by atoms with Crippen molar-refractivity contribution < 1.29 is 9.53 Å². The summed E-state index contributed by atoms with van der Waals surface area (Å²) in [6.07, 6.45) is 1.03. The van der Waals surface area contributed by atoms with Crippen molar-refractivity contribution in [2.45, 2.75) is 26.3 Å². The molecule has 0 spiro atoms. The minimum Gasteiger partial charge on any atom is -0.465 e. The van der Waals surface area contributed by atoms with Gasteiger partial charge in [-0.15, -0.1) is 0 Å². The molecule has 0 saturated carbocycles. The van der Waals surface area contributed by atoms with Crippen LogP contribution in [0.1, 0.15) is 19.4 Å². The van der Waals surface area contributed by atoms with Crippen LogP contribution in [0.3, 0.4) is 0 Å². The maximum Gasteiger partial charge on any atom is 0.324 e. The van der Waals surface area contributed by atoms with Crippen molar-refractivity contribution in [3.8, 4) is 0 Å². The zero-order valence-corrected chi connectivity index (χ0v) is 12.3. The van der Waals surface area contributed by atoms with Gasteiger partial charge in [0.2, 0.25) is 0 Å². The van der Waals surface area contributed by atoms with Crippen LogP contribution in [0.4, 0.5) is 5.69 Å². The zero-order chi connectivity index (χ0) is 14.3. The first-order valence-corrected chi connectivity index (χ1v) is 6.76. The summed E-state index contributed by atoms with van der Waals surface area (Å²) < 4.78 is 5.04. The van der Waals surface area contributed by atoms with Crippen LogP contribution < -0.4 is 10.2 Å². The third-order valence-electron chi connectivity index (χ3n) is 3.16. The van der Waals surface area contributed by atoms with Gasteiger partial charge in [-0.2, -0.15) is 0 Å². The predicted octanol–water partition coefficient (Wildman–Crippen LogP) is 1.84. The van der Waals surface area contributed by atoms with Crippen LogP contribution in [-0.4, -0.2) is 39.3 Å². The lowest BCUT2D eigenvalue weighted by Gasteiger charge is -2.24. The third kappa shape index (κ3) is 4.56. The fourth-order valence-electron chi connectivity index (χ4n) is 1.89. The molecule has 4 nitrogen and oxygen atoms in total. The van der Waals surface area contributed by atoms with E-state index in [0.717, 1.165) is 12.1 Å². The largest absolute Gasteiger partial charge is 0.465 e. The number of esters is 1. The number of likely N-dealkylation sites (N-methyl/N-ethyl adjacent to an activating group) is 2. The number of benzene rings is 1. The molecule has 0 fully saturated rings. The van der Waals surface area contributed by atoms with Crippen LogP contribution in [0, 0.1) is 0 Å². The molecule has 0 aliphatic rings. The standard InChI is InChI=1S/C15H24N2O2/c1-5-12-7-9-13(10-8-12)17(4)11-14(16-3)15(18)19-6-2/h7-10,14,16H,5-6,11H2,1-4H3. The molecular formula is C15H24N2O2. The van der Waals surface area contributed by atoms with Gasteiger partial charge in [0.05, 0.1) is 6.61 Å². The Kier molecular flexibility index (Phi) is 6.36. The lowest BCUT2D eigenvalue weighted by molar-refractivity contribution is -0.145. The average molecular weight is 264 g/mol. The lowest BCUT2D eigenvalue weighted by atomic mass is 10.1. The number of carbonyl (C=O) groups is 1. The van der Waals surface area contributed by atoms with Crippen molar-refractivity contribution in [2.24, 2.45) is 0 Å². The Hall–Kier alpha value is -1.55. The van der Waals surface area contributed by atoms with Crippen molar-refractivity contribution in [1.29, 1.82) is 0 Å². The van der Waals surface area contributed by atoms with Gasteiger partial charge in [-0.25, -0.2) is 0 Å². The van der Waals surface area contributed by atoms with Gasteiger partial charge in [-0.05, 0) is 38.1 Å². The van der Waals surface area contributed by atoms with E-state index in [1.807, 2.05) is 14.0 Å². The predicted molar refractivity (Wildman–Crippen MR) is 78.6 cm³/mol. The molecule has 1 unspecified atom stereocenters. The van der Waals surface area contributed by atoms with E-state index in [9.17, 15) is 4.79 Å². The number of hydrogen-bond donors (Lipinski definition) is 1. The number of aryl methyl sites for hydroxylation is 1. The molecule has 1 atom stereocenters. The fraction of sp³-hybridized carbons (Fsp3) is 0.533. The minimum atomic E-state index is -0.309. The number of ether oxygens (including phenoxy) is 1. The van der Waals surface area contributed by atoms with E-state index in [1.54, 1.807) is 7.05 Å². The van der Waals surface area contributed by atoms with Gasteiger partial charge in [-0.1, -0.05) is 19.1 Å². The van der Waals surface area contributed by atoms with Gasteiger partial charge in [-0.3, -0.25) is 4.79 Å². The zero-order valence-electron chi connectivity index (χ0n) is 12.3. The summed E-state index contributed by atoms with van der Waals surface area (Å²) in [6, 6.07) is 8.08. The van der Waals surface area contributed by atoms with E-state index < -0.39 is 0 Å². The average Bonchev–Trinajstić information content (AvgIpc) is 2.44. The van der Waals surface area contributed by atoms with Crippen LogP contribution >= 0.6 is 0 Å². The number of rotatable bonds is 7. The Morgan fingerprint density at radius 3 is 2.42 bits per heavy atom. The highest BCUT2D eigenvalue weighted by Crippen LogP contribution is 2.14. The smallest absolute Gasteiger partial charge is 0.324 e. The Morgan fingerprint density at radius 1 is 1.32 bits per heavy atom. The minimum absolute atomic E-state index is 0.206. The van der Waals surface area contributed by atoms with Crippen molar-refractivity contribution in [2.75, 3.05) is 32.1 Å². The molecular weight excluding hydrogens is 240 g/mol. The SMILES string of the molecule is CCOC(=O)C(CN(C)c1ccc(CC)cc1)NC. The van der Waals surface area contributed by atoms with Gasteiger partial charge in [0.15, 0.2) is 0 Å². The molecule has 0 bridgehead atoms. The van der Waals surface area contributed by atoms with Crippen LogP contribution in [0.15, 0.2) is 24.3 Å². The molecule has 106 valence electrons. The van der Waals surface area contributed by atoms with E-state index >= 15 is 0 Å². The second kappa shape index (κ2) is 7.79. The number of nitrogens with one attached hydrogen (secondary N) is 1. The maximum atomic E-state index is 11.7. The van der Waals surface area contributed by atoms with Crippen LogP contribution in [0.2, 0.25) is 0 Å². The molecule has 0 saturated heterocycles. The van der Waals surface area contributed by atoms with Crippen molar-refractivity contribution in [3.05, 3.63) is 29.8 Å². The topological polar surface area (TPSA) is 41.6 Å². The fourth-order valence-corrected chi connectivity index (χ4v) is 1.89. The second-order valence-corrected chi connectivity index (χ2v) is 4.49. The Labute approximate surface area is 115 Å². The Balaban J connectivity index is 2.65. The molecule has 0 radical (unpaired) electrons. The van der Waals surface area contributed by atoms with E-state index in [-0.39, 0.29) is 12.0 Å². The summed E-state index contributed by atoms with van der Waals surface area (Å²) in [4.78, 5) is 13.8. The quantitative estimate of drug-likeness (QED) is 0.763. The third-order valence-corrected chi connectivity index (χ3v) is 3.16. The molecule has 0 aliphatic heterocycles. The van der Waals surface area contributed by atoms with Crippen LogP contribution in [-0.2, 0) is 16.0 Å². The first kappa shape index (κ1) is 15.5. The Morgan fingerprint density at radius 2 is 1.95 bits per heavy atom. The summed E-state index contributed by atoms with van der Waals surface area (Å²) in [5, 5.41) is 2.99. The first-order chi connectivity index (χ1) is 9.12. The molecule has 19 heavy (non-hydrogen) atoms. The van der Waals surface area contributed by atoms with E-state index in [1.165, 1.54) is 5.56 Å². The molecule has 0 aliphatic carbocycles. The molecule has 1 aromatic rings. The Bertz CT molecular complexity index is 390. The first-order valence-electron chi connectivity index (χ1n) is 6.76. The molecule has 1 aromatic carbocycles. The summed E-state index contributed by atoms with van der Waals surface area (Å²) in [5.41, 5.74) is 2.41. The molecule has 0 heterocycles. The number of hydrogen-bond acceptors (Lipinski definition) is 4. The molecule has 0 aromatic heterocycles. The van der Waals surface area contributed by atoms with Crippen LogP contribution in [0.25, 0.3) is 0 Å². The van der Waals surface area contributed by atoms with Gasteiger partial charge >= 0.3 is 5.97 Å².